The number of hydrogen-bond donors (Lipinski definition) is 1. The van der Waals surface area contributed by atoms with E-state index in [1.54, 1.807) is 11.0 Å². The number of amides is 1. The fourth-order valence-corrected chi connectivity index (χ4v) is 2.18. The van der Waals surface area contributed by atoms with Gasteiger partial charge in [-0.3, -0.25) is 4.79 Å². The second-order valence-corrected chi connectivity index (χ2v) is 4.95. The zero-order chi connectivity index (χ0) is 15.4. The van der Waals surface area contributed by atoms with Crippen molar-refractivity contribution in [2.24, 2.45) is 0 Å². The number of esters is 1. The SMILES string of the molecule is CCN(C(=O)COc1cc(N)ccc1C(=O)OC)C1CC1. The summed E-state index contributed by atoms with van der Waals surface area (Å²) in [5, 5.41) is 0. The lowest BCUT2D eigenvalue weighted by Gasteiger charge is -2.20. The van der Waals surface area contributed by atoms with Gasteiger partial charge in [-0.05, 0) is 31.9 Å². The number of nitrogen functional groups attached to an aromatic ring is 1. The Bertz CT molecular complexity index is 540. The molecule has 6 heteroatoms. The monoisotopic (exact) mass is 292 g/mol. The van der Waals surface area contributed by atoms with E-state index in [9.17, 15) is 9.59 Å². The van der Waals surface area contributed by atoms with Crippen molar-refractivity contribution in [2.75, 3.05) is 26.0 Å². The molecule has 1 aromatic rings. The van der Waals surface area contributed by atoms with Gasteiger partial charge in [0, 0.05) is 24.3 Å². The molecule has 1 aliphatic carbocycles. The first-order chi connectivity index (χ1) is 10.1. The third kappa shape index (κ3) is 3.65. The van der Waals surface area contributed by atoms with Gasteiger partial charge in [0.15, 0.2) is 6.61 Å². The Hall–Kier alpha value is -2.24. The first-order valence-corrected chi connectivity index (χ1v) is 6.97. The first-order valence-electron chi connectivity index (χ1n) is 6.97. The van der Waals surface area contributed by atoms with Crippen molar-refractivity contribution in [3.05, 3.63) is 23.8 Å². The molecule has 1 fully saturated rings. The molecule has 0 unspecified atom stereocenters. The van der Waals surface area contributed by atoms with Crippen LogP contribution in [0.1, 0.15) is 30.1 Å². The highest BCUT2D eigenvalue weighted by atomic mass is 16.5. The Morgan fingerprint density at radius 3 is 2.67 bits per heavy atom. The van der Waals surface area contributed by atoms with E-state index in [2.05, 4.69) is 4.74 Å². The predicted molar refractivity (Wildman–Crippen MR) is 78.1 cm³/mol. The van der Waals surface area contributed by atoms with Crippen LogP contribution in [-0.4, -0.2) is 43.1 Å². The topological polar surface area (TPSA) is 81.9 Å². The number of ether oxygens (including phenoxy) is 2. The van der Waals surface area contributed by atoms with Crippen molar-refractivity contribution < 1.29 is 19.1 Å². The normalized spacial score (nSPS) is 13.6. The number of rotatable bonds is 6. The van der Waals surface area contributed by atoms with Crippen LogP contribution in [0.25, 0.3) is 0 Å². The highest BCUT2D eigenvalue weighted by Gasteiger charge is 2.31. The molecular weight excluding hydrogens is 272 g/mol. The number of carbonyl (C=O) groups excluding carboxylic acids is 2. The van der Waals surface area contributed by atoms with E-state index in [0.717, 1.165) is 12.8 Å². The van der Waals surface area contributed by atoms with Crippen molar-refractivity contribution in [3.8, 4) is 5.75 Å². The number of nitrogens with two attached hydrogens (primary N) is 1. The molecular formula is C15H20N2O4. The maximum absolute atomic E-state index is 12.1. The van der Waals surface area contributed by atoms with Crippen LogP contribution in [0.5, 0.6) is 5.75 Å². The highest BCUT2D eigenvalue weighted by molar-refractivity contribution is 5.93. The van der Waals surface area contributed by atoms with E-state index in [0.29, 0.717) is 18.3 Å². The van der Waals surface area contributed by atoms with Crippen LogP contribution < -0.4 is 10.5 Å². The zero-order valence-corrected chi connectivity index (χ0v) is 12.3. The maximum atomic E-state index is 12.1. The lowest BCUT2D eigenvalue weighted by molar-refractivity contribution is -0.133. The first kappa shape index (κ1) is 15.2. The summed E-state index contributed by atoms with van der Waals surface area (Å²) < 4.78 is 10.2. The Balaban J connectivity index is 2.06. The van der Waals surface area contributed by atoms with Gasteiger partial charge in [-0.1, -0.05) is 0 Å². The second kappa shape index (κ2) is 6.47. The lowest BCUT2D eigenvalue weighted by Crippen LogP contribution is -2.36. The smallest absolute Gasteiger partial charge is 0.341 e. The number of likely N-dealkylation sites (N-methyl/N-ethyl adjacent to an activating group) is 1. The van der Waals surface area contributed by atoms with Crippen LogP contribution in [0, 0.1) is 0 Å². The summed E-state index contributed by atoms with van der Waals surface area (Å²) in [6, 6.07) is 4.97. The van der Waals surface area contributed by atoms with E-state index < -0.39 is 5.97 Å². The molecule has 1 aliphatic rings. The molecule has 0 heterocycles. The summed E-state index contributed by atoms with van der Waals surface area (Å²) >= 11 is 0. The van der Waals surface area contributed by atoms with Crippen LogP contribution in [0.2, 0.25) is 0 Å². The van der Waals surface area contributed by atoms with Crippen LogP contribution in [0.4, 0.5) is 5.69 Å². The van der Waals surface area contributed by atoms with Gasteiger partial charge in [-0.25, -0.2) is 4.79 Å². The van der Waals surface area contributed by atoms with Crippen molar-refractivity contribution in [2.45, 2.75) is 25.8 Å². The number of carbonyl (C=O) groups is 2. The summed E-state index contributed by atoms with van der Waals surface area (Å²) in [4.78, 5) is 25.6. The highest BCUT2D eigenvalue weighted by Crippen LogP contribution is 2.27. The van der Waals surface area contributed by atoms with Crippen molar-refractivity contribution in [3.63, 3.8) is 0 Å². The number of anilines is 1. The molecule has 6 nitrogen and oxygen atoms in total. The Morgan fingerprint density at radius 2 is 2.10 bits per heavy atom. The van der Waals surface area contributed by atoms with E-state index >= 15 is 0 Å². The standard InChI is InChI=1S/C15H20N2O4/c1-3-17(11-5-6-11)14(18)9-21-13-8-10(16)4-7-12(13)15(19)20-2/h4,7-8,11H,3,5-6,9,16H2,1-2H3. The summed E-state index contributed by atoms with van der Waals surface area (Å²) in [5.74, 6) is -0.340. The fourth-order valence-electron chi connectivity index (χ4n) is 2.18. The van der Waals surface area contributed by atoms with Gasteiger partial charge in [0.05, 0.1) is 7.11 Å². The van der Waals surface area contributed by atoms with E-state index in [4.69, 9.17) is 10.5 Å². The summed E-state index contributed by atoms with van der Waals surface area (Å²) in [5.41, 5.74) is 6.41. The lowest BCUT2D eigenvalue weighted by atomic mass is 10.2. The number of benzene rings is 1. The van der Waals surface area contributed by atoms with Gasteiger partial charge >= 0.3 is 5.97 Å². The Kier molecular flexibility index (Phi) is 4.67. The average molecular weight is 292 g/mol. The van der Waals surface area contributed by atoms with E-state index in [1.807, 2.05) is 6.92 Å². The third-order valence-corrected chi connectivity index (χ3v) is 3.41. The molecule has 1 aromatic carbocycles. The fraction of sp³-hybridized carbons (Fsp3) is 0.467. The van der Waals surface area contributed by atoms with Crippen LogP contribution in [-0.2, 0) is 9.53 Å². The average Bonchev–Trinajstić information content (AvgIpc) is 3.30. The molecule has 0 aromatic heterocycles. The van der Waals surface area contributed by atoms with Gasteiger partial charge in [0.2, 0.25) is 0 Å². The van der Waals surface area contributed by atoms with Gasteiger partial charge in [-0.15, -0.1) is 0 Å². The van der Waals surface area contributed by atoms with Crippen LogP contribution in [0.3, 0.4) is 0 Å². The molecule has 0 atom stereocenters. The molecule has 2 N–H and O–H groups in total. The Labute approximate surface area is 123 Å². The molecule has 2 rings (SSSR count). The molecule has 0 radical (unpaired) electrons. The minimum absolute atomic E-state index is 0.0850. The van der Waals surface area contributed by atoms with Crippen LogP contribution >= 0.6 is 0 Å². The second-order valence-electron chi connectivity index (χ2n) is 4.95. The molecule has 114 valence electrons. The van der Waals surface area contributed by atoms with Crippen LogP contribution in [0.15, 0.2) is 18.2 Å². The maximum Gasteiger partial charge on any atom is 0.341 e. The third-order valence-electron chi connectivity index (χ3n) is 3.41. The number of methoxy groups -OCH3 is 1. The van der Waals surface area contributed by atoms with Crippen molar-refractivity contribution in [1.82, 2.24) is 4.90 Å². The molecule has 1 saturated carbocycles. The number of nitrogens with zero attached hydrogens (tertiary/aromatic N) is 1. The quantitative estimate of drug-likeness (QED) is 0.634. The van der Waals surface area contributed by atoms with Crippen molar-refractivity contribution >= 4 is 17.6 Å². The predicted octanol–water partition coefficient (Wildman–Crippen LogP) is 1.45. The van der Waals surface area contributed by atoms with E-state index in [1.165, 1.54) is 19.2 Å². The van der Waals surface area contributed by atoms with Gasteiger partial charge in [-0.2, -0.15) is 0 Å². The molecule has 0 bridgehead atoms. The summed E-state index contributed by atoms with van der Waals surface area (Å²) in [6.45, 7) is 2.49. The molecule has 0 saturated heterocycles. The van der Waals surface area contributed by atoms with Gasteiger partial charge < -0.3 is 20.1 Å². The minimum Gasteiger partial charge on any atom is -0.483 e. The largest absolute Gasteiger partial charge is 0.483 e. The van der Waals surface area contributed by atoms with Gasteiger partial charge in [0.25, 0.3) is 5.91 Å². The minimum atomic E-state index is -0.521. The number of hydrogen-bond acceptors (Lipinski definition) is 5. The van der Waals surface area contributed by atoms with E-state index in [-0.39, 0.29) is 23.8 Å². The van der Waals surface area contributed by atoms with Gasteiger partial charge in [0.1, 0.15) is 11.3 Å². The molecule has 0 aliphatic heterocycles. The summed E-state index contributed by atoms with van der Waals surface area (Å²) in [7, 11) is 1.29. The van der Waals surface area contributed by atoms with Crippen molar-refractivity contribution in [1.29, 1.82) is 0 Å². The molecule has 0 spiro atoms. The zero-order valence-electron chi connectivity index (χ0n) is 12.3. The molecule has 21 heavy (non-hydrogen) atoms. The molecule has 1 amide bonds. The Morgan fingerprint density at radius 1 is 1.38 bits per heavy atom. The summed E-state index contributed by atoms with van der Waals surface area (Å²) in [6.07, 6.45) is 2.09.